The Bertz CT molecular complexity index is 1150. The molecule has 0 radical (unpaired) electrons. The summed E-state index contributed by atoms with van der Waals surface area (Å²) in [5.74, 6) is -4.55. The van der Waals surface area contributed by atoms with Gasteiger partial charge in [0.1, 0.15) is 24.0 Å². The van der Waals surface area contributed by atoms with E-state index in [0.29, 0.717) is 11.1 Å². The zero-order valence-electron chi connectivity index (χ0n) is 21.0. The van der Waals surface area contributed by atoms with Gasteiger partial charge >= 0.3 is 13.7 Å². The summed E-state index contributed by atoms with van der Waals surface area (Å²) in [7, 11) is -4.71. The molecule has 216 valence electrons. The molecule has 0 bridgehead atoms. The number of amides is 1. The van der Waals surface area contributed by atoms with E-state index in [1.165, 1.54) is 31.2 Å². The van der Waals surface area contributed by atoms with Crippen molar-refractivity contribution in [3.8, 4) is 5.75 Å². The van der Waals surface area contributed by atoms with E-state index in [2.05, 4.69) is 5.09 Å². The summed E-state index contributed by atoms with van der Waals surface area (Å²) in [6.07, 6.45) is -11.5. The highest BCUT2D eigenvalue weighted by molar-refractivity contribution is 7.52. The van der Waals surface area contributed by atoms with Gasteiger partial charge in [0.05, 0.1) is 19.1 Å². The summed E-state index contributed by atoms with van der Waals surface area (Å²) in [6.45, 7) is 2.99. The predicted molar refractivity (Wildman–Crippen MR) is 126 cm³/mol. The van der Waals surface area contributed by atoms with Crippen molar-refractivity contribution < 1.29 is 60.9 Å². The van der Waals surface area contributed by atoms with Gasteiger partial charge in [-0.3, -0.25) is 23.8 Å². The van der Waals surface area contributed by atoms with Gasteiger partial charge < -0.3 is 24.2 Å². The molecule has 3 N–H and O–H groups in total. The average molecular weight is 580 g/mol. The Morgan fingerprint density at radius 1 is 1.23 bits per heavy atom. The summed E-state index contributed by atoms with van der Waals surface area (Å²) in [4.78, 5) is 36.3. The fourth-order valence-corrected chi connectivity index (χ4v) is 5.24. The fraction of sp³-hybridized carbons (Fsp3) is 0.522. The second-order valence-corrected chi connectivity index (χ2v) is 10.8. The molecule has 6 atom stereocenters. The highest BCUT2D eigenvalue weighted by Crippen LogP contribution is 2.48. The number of para-hydroxylation sites is 1. The number of halogens is 3. The minimum absolute atomic E-state index is 0.0427. The molecule has 16 heteroatoms. The normalized spacial score (nSPS) is 27.9. The number of nitrogens with zero attached hydrogens (tertiary/aromatic N) is 1. The molecule has 0 saturated carbocycles. The van der Waals surface area contributed by atoms with Crippen LogP contribution < -0.4 is 9.61 Å². The lowest BCUT2D eigenvalue weighted by Gasteiger charge is -2.33. The van der Waals surface area contributed by atoms with E-state index in [1.54, 1.807) is 19.9 Å². The smallest absolute Gasteiger partial charge is 0.459 e. The van der Waals surface area contributed by atoms with Crippen LogP contribution in [0.2, 0.25) is 0 Å². The monoisotopic (exact) mass is 580 g/mol. The number of carbonyl (C=O) groups is 3. The number of aliphatic hydroxyl groups excluding tert-OH is 2. The zero-order chi connectivity index (χ0) is 29.1. The van der Waals surface area contributed by atoms with Crippen LogP contribution in [0.3, 0.4) is 0 Å². The Balaban J connectivity index is 1.88. The first kappa shape index (κ1) is 30.7. The summed E-state index contributed by atoms with van der Waals surface area (Å²) < 4.78 is 77.1. The summed E-state index contributed by atoms with van der Waals surface area (Å²) in [5.41, 5.74) is -3.10. The molecule has 2 aliphatic heterocycles. The van der Waals surface area contributed by atoms with Crippen LogP contribution >= 0.6 is 7.75 Å². The number of Topliss-reactive ketones (excluding diaryl/α,β-unsaturated/α-hetero) is 1. The maximum atomic E-state index is 14.4. The number of allylic oxidation sites excluding steroid dienone is 1. The molecule has 0 aliphatic carbocycles. The van der Waals surface area contributed by atoms with Crippen molar-refractivity contribution >= 4 is 25.4 Å². The van der Waals surface area contributed by atoms with Crippen molar-refractivity contribution in [1.82, 2.24) is 9.99 Å². The lowest BCUT2D eigenvalue weighted by Crippen LogP contribution is -2.53. The minimum Gasteiger partial charge on any atom is -0.462 e. The average Bonchev–Trinajstić information content (AvgIpc) is 3.11. The second-order valence-electron chi connectivity index (χ2n) is 9.09. The van der Waals surface area contributed by atoms with Gasteiger partial charge in [-0.2, -0.15) is 5.09 Å². The van der Waals surface area contributed by atoms with E-state index in [9.17, 15) is 42.3 Å². The van der Waals surface area contributed by atoms with E-state index >= 15 is 0 Å². The molecule has 2 heterocycles. The molecule has 1 unspecified atom stereocenters. The Morgan fingerprint density at radius 2 is 1.87 bits per heavy atom. The third-order valence-electron chi connectivity index (χ3n) is 5.70. The SMILES string of the molecule is CC(C)OC(=O)[C@H](C)NP(=O)(OC[C@@]1(C(F)F)O[C@@H](N2C=C(F)C(=O)CC2=O)[C@H](O)[C@@H]1O)Oc1ccccc1. The van der Waals surface area contributed by atoms with Crippen molar-refractivity contribution in [2.45, 2.75) is 69.8 Å². The number of ketones is 1. The number of nitrogens with one attached hydrogen (secondary N) is 1. The largest absolute Gasteiger partial charge is 0.462 e. The Kier molecular flexibility index (Phi) is 9.57. The van der Waals surface area contributed by atoms with Gasteiger partial charge in [0.15, 0.2) is 17.7 Å². The molecule has 1 amide bonds. The number of hydrogen-bond acceptors (Lipinski definition) is 10. The second kappa shape index (κ2) is 12.1. The molecule has 12 nitrogen and oxygen atoms in total. The third kappa shape index (κ3) is 6.86. The number of ether oxygens (including phenoxy) is 2. The van der Waals surface area contributed by atoms with Crippen molar-refractivity contribution in [1.29, 1.82) is 0 Å². The van der Waals surface area contributed by atoms with Crippen LogP contribution in [0, 0.1) is 0 Å². The number of hydrogen-bond donors (Lipinski definition) is 3. The third-order valence-corrected chi connectivity index (χ3v) is 7.33. The summed E-state index contributed by atoms with van der Waals surface area (Å²) >= 11 is 0. The van der Waals surface area contributed by atoms with Crippen molar-refractivity contribution in [2.75, 3.05) is 6.61 Å². The maximum Gasteiger partial charge on any atom is 0.459 e. The molecule has 1 aromatic rings. The molecule has 2 aliphatic rings. The van der Waals surface area contributed by atoms with E-state index in [-0.39, 0.29) is 5.75 Å². The molecular weight excluding hydrogens is 552 g/mol. The fourth-order valence-electron chi connectivity index (χ4n) is 3.71. The molecule has 39 heavy (non-hydrogen) atoms. The number of rotatable bonds is 11. The molecule has 1 aromatic carbocycles. The number of benzene rings is 1. The molecule has 0 aromatic heterocycles. The minimum atomic E-state index is -4.71. The van der Waals surface area contributed by atoms with Crippen LogP contribution in [0.5, 0.6) is 5.75 Å². The van der Waals surface area contributed by atoms with Crippen molar-refractivity contribution in [3.63, 3.8) is 0 Å². The number of esters is 1. The topological polar surface area (TPSA) is 161 Å². The van der Waals surface area contributed by atoms with Crippen LogP contribution in [0.15, 0.2) is 42.4 Å². The van der Waals surface area contributed by atoms with Gasteiger partial charge in [-0.15, -0.1) is 0 Å². The first-order valence-corrected chi connectivity index (χ1v) is 13.2. The zero-order valence-corrected chi connectivity index (χ0v) is 21.9. The highest BCUT2D eigenvalue weighted by atomic mass is 31.2. The van der Waals surface area contributed by atoms with Gasteiger partial charge in [-0.05, 0) is 32.9 Å². The van der Waals surface area contributed by atoms with E-state index in [4.69, 9.17) is 18.5 Å². The predicted octanol–water partition coefficient (Wildman–Crippen LogP) is 1.81. The summed E-state index contributed by atoms with van der Waals surface area (Å²) in [6, 6.07) is 6.03. The number of aliphatic hydroxyl groups is 2. The highest BCUT2D eigenvalue weighted by Gasteiger charge is 2.63. The Labute approximate surface area is 221 Å². The summed E-state index contributed by atoms with van der Waals surface area (Å²) in [5, 5.41) is 23.3. The van der Waals surface area contributed by atoms with Gasteiger partial charge in [0.25, 0.3) is 6.43 Å². The van der Waals surface area contributed by atoms with Crippen LogP contribution in [-0.4, -0.2) is 82.0 Å². The van der Waals surface area contributed by atoms with Crippen LogP contribution in [0.25, 0.3) is 0 Å². The molecular formula is C23H28F3N2O10P. The lowest BCUT2D eigenvalue weighted by atomic mass is 9.96. The van der Waals surface area contributed by atoms with Crippen LogP contribution in [0.1, 0.15) is 27.2 Å². The molecule has 3 rings (SSSR count). The lowest BCUT2D eigenvalue weighted by molar-refractivity contribution is -0.200. The number of alkyl halides is 2. The van der Waals surface area contributed by atoms with Gasteiger partial charge in [0, 0.05) is 6.20 Å². The van der Waals surface area contributed by atoms with Crippen LogP contribution in [-0.2, 0) is 32.9 Å². The van der Waals surface area contributed by atoms with Gasteiger partial charge in [-0.1, -0.05) is 18.2 Å². The van der Waals surface area contributed by atoms with E-state index in [0.717, 1.165) is 0 Å². The first-order valence-electron chi connectivity index (χ1n) is 11.7. The Hall–Kier alpha value is -2.81. The quantitative estimate of drug-likeness (QED) is 0.199. The van der Waals surface area contributed by atoms with E-state index in [1.807, 2.05) is 0 Å². The maximum absolute atomic E-state index is 14.4. The standard InChI is InChI=1S/C23H28F3N2O10P/c1-12(2)36-21(33)13(3)27-39(34,38-14-7-5-4-6-8-14)35-11-23(22(25)26)19(32)18(31)20(37-23)28-10-15(24)16(29)9-17(28)30/h4-8,10,12-13,18-20,22,31-32H,9,11H2,1-3H3,(H,27,34)/t13-,18+,19-,20+,23+,39?/m0/s1. The van der Waals surface area contributed by atoms with Crippen LogP contribution in [0.4, 0.5) is 13.2 Å². The van der Waals surface area contributed by atoms with Crippen molar-refractivity contribution in [3.05, 3.63) is 42.4 Å². The molecule has 1 saturated heterocycles. The first-order chi connectivity index (χ1) is 18.2. The van der Waals surface area contributed by atoms with Gasteiger partial charge in [-0.25, -0.2) is 17.7 Å². The Morgan fingerprint density at radius 3 is 2.46 bits per heavy atom. The van der Waals surface area contributed by atoms with Crippen molar-refractivity contribution in [2.24, 2.45) is 0 Å². The molecule has 1 fully saturated rings. The number of carbonyl (C=O) groups excluding carboxylic acids is 3. The van der Waals surface area contributed by atoms with E-state index < -0.39 is 86.9 Å². The van der Waals surface area contributed by atoms with Gasteiger partial charge in [0.2, 0.25) is 11.7 Å². The molecule has 0 spiro atoms.